The number of aliphatic hydroxyl groups is 1. The van der Waals surface area contributed by atoms with Crippen LogP contribution in [0.5, 0.6) is 5.75 Å². The van der Waals surface area contributed by atoms with E-state index >= 15 is 0 Å². The van der Waals surface area contributed by atoms with Crippen molar-refractivity contribution >= 4 is 5.78 Å². The molecule has 29 heavy (non-hydrogen) atoms. The second-order valence-corrected chi connectivity index (χ2v) is 8.41. The molecule has 0 bridgehead atoms. The summed E-state index contributed by atoms with van der Waals surface area (Å²) in [5.74, 6) is 1.60. The topological polar surface area (TPSA) is 63.1 Å². The van der Waals surface area contributed by atoms with Crippen LogP contribution in [-0.4, -0.2) is 30.1 Å². The summed E-state index contributed by atoms with van der Waals surface area (Å²) in [5.41, 5.74) is 3.76. The molecule has 0 saturated carbocycles. The molecule has 0 heterocycles. The van der Waals surface area contributed by atoms with E-state index in [-0.39, 0.29) is 12.4 Å². The fraction of sp³-hybridized carbons (Fsp3) is 0.480. The van der Waals surface area contributed by atoms with Gasteiger partial charge in [-0.2, -0.15) is 0 Å². The van der Waals surface area contributed by atoms with Gasteiger partial charge in [-0.25, -0.2) is 0 Å². The zero-order chi connectivity index (χ0) is 21.2. The van der Waals surface area contributed by atoms with Crippen molar-refractivity contribution in [1.82, 2.24) is 0 Å². The summed E-state index contributed by atoms with van der Waals surface area (Å²) in [7, 11) is 0. The molecular formula is C25H36NO3+. The van der Waals surface area contributed by atoms with Crippen LogP contribution in [-0.2, 0) is 17.6 Å². The maximum absolute atomic E-state index is 11.1. The van der Waals surface area contributed by atoms with E-state index in [1.807, 2.05) is 24.3 Å². The SMILES string of the molecule is CC(=O)CCc1ccc(OC[C@@H](O)C[NH2+][C@@H](C)c2ccc(CC(C)C)cc2)cc1. The van der Waals surface area contributed by atoms with Gasteiger partial charge in [-0.3, -0.25) is 0 Å². The fourth-order valence-corrected chi connectivity index (χ4v) is 3.26. The first-order valence-electron chi connectivity index (χ1n) is 10.6. The first-order chi connectivity index (χ1) is 13.8. The average Bonchev–Trinajstić information content (AvgIpc) is 2.69. The molecule has 0 aliphatic heterocycles. The Balaban J connectivity index is 1.72. The molecule has 4 nitrogen and oxygen atoms in total. The van der Waals surface area contributed by atoms with Gasteiger partial charge < -0.3 is 20.0 Å². The van der Waals surface area contributed by atoms with Crippen molar-refractivity contribution < 1.29 is 20.0 Å². The summed E-state index contributed by atoms with van der Waals surface area (Å²) in [6.07, 6.45) is 1.89. The van der Waals surface area contributed by atoms with Gasteiger partial charge in [0.15, 0.2) is 0 Å². The third-order valence-electron chi connectivity index (χ3n) is 5.04. The number of quaternary nitrogens is 1. The summed E-state index contributed by atoms with van der Waals surface area (Å²) in [4.78, 5) is 11.1. The number of rotatable bonds is 12. The van der Waals surface area contributed by atoms with E-state index in [2.05, 4.69) is 50.4 Å². The number of aliphatic hydroxyl groups excluding tert-OH is 1. The Morgan fingerprint density at radius 1 is 1.00 bits per heavy atom. The molecule has 4 heteroatoms. The second kappa shape index (κ2) is 11.7. The quantitative estimate of drug-likeness (QED) is 0.575. The molecule has 2 aromatic carbocycles. The highest BCUT2D eigenvalue weighted by Crippen LogP contribution is 2.15. The predicted octanol–water partition coefficient (Wildman–Crippen LogP) is 3.47. The van der Waals surface area contributed by atoms with E-state index in [1.165, 1.54) is 11.1 Å². The molecular weight excluding hydrogens is 362 g/mol. The number of Topliss-reactive ketones (excluding diaryl/α,β-unsaturated/α-hetero) is 1. The Labute approximate surface area is 175 Å². The molecule has 158 valence electrons. The third-order valence-corrected chi connectivity index (χ3v) is 5.04. The van der Waals surface area contributed by atoms with Gasteiger partial charge in [-0.05, 0) is 55.9 Å². The number of carbonyl (C=O) groups is 1. The highest BCUT2D eigenvalue weighted by atomic mass is 16.5. The van der Waals surface area contributed by atoms with Gasteiger partial charge in [0.1, 0.15) is 36.8 Å². The minimum absolute atomic E-state index is 0.199. The van der Waals surface area contributed by atoms with Gasteiger partial charge in [0.2, 0.25) is 0 Å². The Bertz CT molecular complexity index is 738. The van der Waals surface area contributed by atoms with Crippen LogP contribution in [0.2, 0.25) is 0 Å². The van der Waals surface area contributed by atoms with E-state index in [4.69, 9.17) is 4.74 Å². The highest BCUT2D eigenvalue weighted by Gasteiger charge is 2.13. The number of hydrogen-bond donors (Lipinski definition) is 2. The fourth-order valence-electron chi connectivity index (χ4n) is 3.26. The lowest BCUT2D eigenvalue weighted by Gasteiger charge is -2.16. The Morgan fingerprint density at radius 2 is 1.62 bits per heavy atom. The van der Waals surface area contributed by atoms with E-state index in [0.29, 0.717) is 24.9 Å². The number of nitrogens with two attached hydrogens (primary N) is 1. The number of aryl methyl sites for hydroxylation is 1. The van der Waals surface area contributed by atoms with Crippen LogP contribution in [0.25, 0.3) is 0 Å². The maximum Gasteiger partial charge on any atom is 0.137 e. The van der Waals surface area contributed by atoms with Crippen LogP contribution in [0.1, 0.15) is 56.8 Å². The lowest BCUT2D eigenvalue weighted by molar-refractivity contribution is -0.698. The predicted molar refractivity (Wildman–Crippen MR) is 117 cm³/mol. The van der Waals surface area contributed by atoms with E-state index in [0.717, 1.165) is 24.2 Å². The van der Waals surface area contributed by atoms with Crippen molar-refractivity contribution in [3.63, 3.8) is 0 Å². The lowest BCUT2D eigenvalue weighted by Crippen LogP contribution is -2.87. The van der Waals surface area contributed by atoms with Gasteiger partial charge in [-0.1, -0.05) is 50.2 Å². The molecule has 2 rings (SSSR count). The summed E-state index contributed by atoms with van der Waals surface area (Å²) < 4.78 is 5.70. The van der Waals surface area contributed by atoms with Crippen molar-refractivity contribution in [2.75, 3.05) is 13.2 Å². The molecule has 0 aliphatic rings. The molecule has 0 radical (unpaired) electrons. The monoisotopic (exact) mass is 398 g/mol. The lowest BCUT2D eigenvalue weighted by atomic mass is 10.00. The third kappa shape index (κ3) is 8.80. The summed E-state index contributed by atoms with van der Waals surface area (Å²) >= 11 is 0. The minimum Gasteiger partial charge on any atom is -0.491 e. The molecule has 0 saturated heterocycles. The van der Waals surface area contributed by atoms with Gasteiger partial charge >= 0.3 is 0 Å². The summed E-state index contributed by atoms with van der Waals surface area (Å²) in [6.45, 7) is 9.09. The molecule has 0 amide bonds. The second-order valence-electron chi connectivity index (χ2n) is 8.41. The van der Waals surface area contributed by atoms with Crippen molar-refractivity contribution in [2.24, 2.45) is 5.92 Å². The molecule has 0 spiro atoms. The van der Waals surface area contributed by atoms with Crippen molar-refractivity contribution in [3.8, 4) is 5.75 Å². The first kappa shape index (κ1) is 23.1. The smallest absolute Gasteiger partial charge is 0.137 e. The van der Waals surface area contributed by atoms with Gasteiger partial charge in [0.05, 0.1) is 0 Å². The van der Waals surface area contributed by atoms with Crippen LogP contribution < -0.4 is 10.1 Å². The number of benzene rings is 2. The number of ether oxygens (including phenoxy) is 1. The van der Waals surface area contributed by atoms with Gasteiger partial charge in [0, 0.05) is 12.0 Å². The van der Waals surface area contributed by atoms with E-state index < -0.39 is 6.10 Å². The van der Waals surface area contributed by atoms with Crippen LogP contribution in [0, 0.1) is 5.92 Å². The minimum atomic E-state index is -0.532. The number of hydrogen-bond acceptors (Lipinski definition) is 3. The van der Waals surface area contributed by atoms with Crippen LogP contribution >= 0.6 is 0 Å². The Morgan fingerprint density at radius 3 is 2.21 bits per heavy atom. The standard InChI is InChI=1S/C25H35NO3/c1-18(2)15-22-7-11-23(12-8-22)20(4)26-16-24(28)17-29-25-13-9-21(10-14-25)6-5-19(3)27/h7-14,18,20,24,26,28H,5-6,15-17H2,1-4H3/p+1/t20-,24-/m0/s1. The van der Waals surface area contributed by atoms with Gasteiger partial charge in [0.25, 0.3) is 0 Å². The van der Waals surface area contributed by atoms with Crippen molar-refractivity contribution in [1.29, 1.82) is 0 Å². The molecule has 0 unspecified atom stereocenters. The number of ketones is 1. The molecule has 0 aliphatic carbocycles. The van der Waals surface area contributed by atoms with E-state index in [9.17, 15) is 9.90 Å². The normalized spacial score (nSPS) is 13.3. The summed E-state index contributed by atoms with van der Waals surface area (Å²) in [6, 6.07) is 16.8. The van der Waals surface area contributed by atoms with Gasteiger partial charge in [-0.15, -0.1) is 0 Å². The molecule has 0 aromatic heterocycles. The van der Waals surface area contributed by atoms with Crippen LogP contribution in [0.4, 0.5) is 0 Å². The largest absolute Gasteiger partial charge is 0.491 e. The van der Waals surface area contributed by atoms with Crippen LogP contribution in [0.15, 0.2) is 48.5 Å². The average molecular weight is 399 g/mol. The Kier molecular flexibility index (Phi) is 9.36. The molecule has 2 atom stereocenters. The number of carbonyl (C=O) groups excluding carboxylic acids is 1. The van der Waals surface area contributed by atoms with E-state index in [1.54, 1.807) is 6.92 Å². The zero-order valence-electron chi connectivity index (χ0n) is 18.2. The summed E-state index contributed by atoms with van der Waals surface area (Å²) in [5, 5.41) is 12.4. The van der Waals surface area contributed by atoms with Crippen molar-refractivity contribution in [3.05, 3.63) is 65.2 Å². The zero-order valence-corrected chi connectivity index (χ0v) is 18.2. The van der Waals surface area contributed by atoms with Crippen molar-refractivity contribution in [2.45, 2.75) is 59.1 Å². The first-order valence-corrected chi connectivity index (χ1v) is 10.6. The molecule has 2 aromatic rings. The Hall–Kier alpha value is -2.17. The molecule has 3 N–H and O–H groups in total. The molecule has 0 fully saturated rings. The highest BCUT2D eigenvalue weighted by molar-refractivity contribution is 5.75. The van der Waals surface area contributed by atoms with Crippen LogP contribution in [0.3, 0.4) is 0 Å². The maximum atomic E-state index is 11.1.